The van der Waals surface area contributed by atoms with Crippen LogP contribution in [-0.2, 0) is 10.8 Å². The molecule has 1 unspecified atom stereocenters. The van der Waals surface area contributed by atoms with Crippen molar-refractivity contribution >= 4 is 34.0 Å². The molecule has 0 rings (SSSR count). The second kappa shape index (κ2) is 6.16. The molecule has 2 nitrogen and oxygen atoms in total. The van der Waals surface area contributed by atoms with Crippen molar-refractivity contribution in [2.45, 2.75) is 0 Å². The molecule has 0 radical (unpaired) electrons. The molecule has 0 fully saturated rings. The Kier molecular flexibility index (Phi) is 6.43. The van der Waals surface area contributed by atoms with Crippen molar-refractivity contribution < 1.29 is 4.21 Å². The number of rotatable bonds is 4. The van der Waals surface area contributed by atoms with Crippen molar-refractivity contribution in [3.8, 4) is 0 Å². The topological polar surface area (TPSA) is 43.1 Å². The molecule has 0 amide bonds. The lowest BCUT2D eigenvalue weighted by molar-refractivity contribution is 0.684. The second-order valence-corrected chi connectivity index (χ2v) is 4.22. The third-order valence-electron chi connectivity index (χ3n) is 0.769. The quantitative estimate of drug-likeness (QED) is 0.739. The summed E-state index contributed by atoms with van der Waals surface area (Å²) in [7, 11) is -0.911. The molecule has 1 atom stereocenters. The van der Waals surface area contributed by atoms with Gasteiger partial charge >= 0.3 is 0 Å². The highest BCUT2D eigenvalue weighted by Gasteiger charge is 1.94. The third-order valence-corrected chi connectivity index (χ3v) is 2.31. The van der Waals surface area contributed by atoms with Crippen LogP contribution < -0.4 is 5.73 Å². The number of hydrogen-bond donors (Lipinski definition) is 1. The van der Waals surface area contributed by atoms with Crippen molar-refractivity contribution in [2.24, 2.45) is 5.73 Å². The normalized spacial score (nSPS) is 12.7. The van der Waals surface area contributed by atoms with Gasteiger partial charge in [0, 0.05) is 28.9 Å². The Hall–Kier alpha value is 0.430. The summed E-state index contributed by atoms with van der Waals surface area (Å²) in [5.74, 6) is 0.886. The molecule has 0 spiro atoms. The second-order valence-electron chi connectivity index (χ2n) is 1.59. The Morgan fingerprint density at radius 1 is 1.60 bits per heavy atom. The van der Waals surface area contributed by atoms with Crippen LogP contribution in [-0.4, -0.2) is 22.3 Å². The van der Waals surface area contributed by atoms with E-state index in [1.807, 2.05) is 0 Å². The summed E-state index contributed by atoms with van der Waals surface area (Å²) in [5, 5.41) is 0. The standard InChI is InChI=1S/C5H9Cl2NOS/c6-5(7)1-3-10(9)4-2-8/h1H,2-4,8H2. The van der Waals surface area contributed by atoms with E-state index in [2.05, 4.69) is 0 Å². The predicted molar refractivity (Wildman–Crippen MR) is 46.7 cm³/mol. The summed E-state index contributed by atoms with van der Waals surface area (Å²) < 4.78 is 11.0. The molecule has 0 aliphatic carbocycles. The van der Waals surface area contributed by atoms with E-state index in [4.69, 9.17) is 28.9 Å². The van der Waals surface area contributed by atoms with Crippen LogP contribution in [0.25, 0.3) is 0 Å². The fraction of sp³-hybridized carbons (Fsp3) is 0.600. The largest absolute Gasteiger partial charge is 0.330 e. The minimum Gasteiger partial charge on any atom is -0.330 e. The van der Waals surface area contributed by atoms with E-state index >= 15 is 0 Å². The van der Waals surface area contributed by atoms with Gasteiger partial charge in [-0.25, -0.2) is 0 Å². The number of nitrogens with two attached hydrogens (primary N) is 1. The molecular weight excluding hydrogens is 193 g/mol. The number of hydrogen-bond acceptors (Lipinski definition) is 2. The molecule has 0 aliphatic heterocycles. The minimum atomic E-state index is -0.911. The molecular formula is C5H9Cl2NOS. The van der Waals surface area contributed by atoms with Gasteiger partial charge in [0.1, 0.15) is 4.49 Å². The Labute approximate surface area is 72.8 Å². The van der Waals surface area contributed by atoms with Crippen LogP contribution in [0.5, 0.6) is 0 Å². The molecule has 0 aliphatic rings. The first kappa shape index (κ1) is 10.4. The Balaban J connectivity index is 3.49. The van der Waals surface area contributed by atoms with Crippen LogP contribution in [0.2, 0.25) is 0 Å². The maximum Gasteiger partial charge on any atom is 0.103 e. The van der Waals surface area contributed by atoms with Crippen molar-refractivity contribution in [1.29, 1.82) is 0 Å². The van der Waals surface area contributed by atoms with Gasteiger partial charge in [-0.2, -0.15) is 0 Å². The summed E-state index contributed by atoms with van der Waals surface area (Å²) in [6.07, 6.45) is 1.51. The molecule has 2 N–H and O–H groups in total. The lowest BCUT2D eigenvalue weighted by atomic mass is 10.8. The first-order chi connectivity index (χ1) is 4.66. The molecule has 0 aromatic heterocycles. The highest BCUT2D eigenvalue weighted by molar-refractivity contribution is 7.85. The molecule has 5 heteroatoms. The predicted octanol–water partition coefficient (Wildman–Crippen LogP) is 1.01. The lowest BCUT2D eigenvalue weighted by Crippen LogP contribution is -2.11. The summed E-state index contributed by atoms with van der Waals surface area (Å²) >= 11 is 10.6. The molecule has 60 valence electrons. The van der Waals surface area contributed by atoms with Crippen molar-refractivity contribution in [3.63, 3.8) is 0 Å². The first-order valence-electron chi connectivity index (χ1n) is 2.73. The van der Waals surface area contributed by atoms with E-state index in [-0.39, 0.29) is 4.49 Å². The van der Waals surface area contributed by atoms with E-state index < -0.39 is 10.8 Å². The van der Waals surface area contributed by atoms with Gasteiger partial charge < -0.3 is 5.73 Å². The van der Waals surface area contributed by atoms with Gasteiger partial charge in [-0.3, -0.25) is 4.21 Å². The van der Waals surface area contributed by atoms with E-state index in [1.54, 1.807) is 0 Å². The minimum absolute atomic E-state index is 0.158. The van der Waals surface area contributed by atoms with Gasteiger partial charge in [-0.05, 0) is 6.08 Å². The van der Waals surface area contributed by atoms with Crippen LogP contribution in [0.1, 0.15) is 0 Å². The Bertz CT molecular complexity index is 145. The molecule has 0 aromatic carbocycles. The Morgan fingerprint density at radius 3 is 2.60 bits per heavy atom. The fourth-order valence-electron chi connectivity index (χ4n) is 0.371. The highest BCUT2D eigenvalue weighted by atomic mass is 35.5. The smallest absolute Gasteiger partial charge is 0.103 e. The SMILES string of the molecule is NCCS(=O)CC=C(Cl)Cl. The summed E-state index contributed by atoms with van der Waals surface area (Å²) in [4.78, 5) is 0. The van der Waals surface area contributed by atoms with Crippen molar-refractivity contribution in [3.05, 3.63) is 10.6 Å². The van der Waals surface area contributed by atoms with Crippen molar-refractivity contribution in [1.82, 2.24) is 0 Å². The van der Waals surface area contributed by atoms with Gasteiger partial charge in [0.2, 0.25) is 0 Å². The number of halogens is 2. The van der Waals surface area contributed by atoms with Gasteiger partial charge in [0.15, 0.2) is 0 Å². The van der Waals surface area contributed by atoms with Crippen LogP contribution in [0.15, 0.2) is 10.6 Å². The summed E-state index contributed by atoms with van der Waals surface area (Å²) in [6, 6.07) is 0. The average molecular weight is 202 g/mol. The van der Waals surface area contributed by atoms with Crippen LogP contribution in [0.4, 0.5) is 0 Å². The average Bonchev–Trinajstić information content (AvgIpc) is 1.85. The molecule has 0 heterocycles. The zero-order valence-electron chi connectivity index (χ0n) is 5.35. The first-order valence-corrected chi connectivity index (χ1v) is 4.97. The van der Waals surface area contributed by atoms with Crippen molar-refractivity contribution in [2.75, 3.05) is 18.1 Å². The van der Waals surface area contributed by atoms with E-state index in [1.165, 1.54) is 6.08 Å². The molecule has 0 aromatic rings. The van der Waals surface area contributed by atoms with Crippen LogP contribution in [0.3, 0.4) is 0 Å². The monoisotopic (exact) mass is 201 g/mol. The van der Waals surface area contributed by atoms with Gasteiger partial charge in [-0.1, -0.05) is 23.2 Å². The highest BCUT2D eigenvalue weighted by Crippen LogP contribution is 2.05. The van der Waals surface area contributed by atoms with E-state index in [9.17, 15) is 4.21 Å². The third kappa shape index (κ3) is 6.55. The zero-order valence-corrected chi connectivity index (χ0v) is 7.68. The van der Waals surface area contributed by atoms with Gasteiger partial charge in [-0.15, -0.1) is 0 Å². The Morgan fingerprint density at radius 2 is 2.20 bits per heavy atom. The maximum absolute atomic E-state index is 10.8. The maximum atomic E-state index is 10.8. The zero-order chi connectivity index (χ0) is 7.98. The molecule has 10 heavy (non-hydrogen) atoms. The summed E-state index contributed by atoms with van der Waals surface area (Å²) in [5.41, 5.74) is 5.16. The molecule has 0 saturated carbocycles. The molecule has 0 bridgehead atoms. The van der Waals surface area contributed by atoms with Crippen LogP contribution >= 0.6 is 23.2 Å². The van der Waals surface area contributed by atoms with E-state index in [0.29, 0.717) is 18.1 Å². The van der Waals surface area contributed by atoms with Gasteiger partial charge in [0.05, 0.1) is 0 Å². The summed E-state index contributed by atoms with van der Waals surface area (Å²) in [6.45, 7) is 0.431. The molecule has 0 saturated heterocycles. The lowest BCUT2D eigenvalue weighted by Gasteiger charge is -1.92. The van der Waals surface area contributed by atoms with Crippen LogP contribution in [0, 0.1) is 0 Å². The van der Waals surface area contributed by atoms with E-state index in [0.717, 1.165) is 0 Å². The fourth-order valence-corrected chi connectivity index (χ4v) is 1.49. The van der Waals surface area contributed by atoms with Gasteiger partial charge in [0.25, 0.3) is 0 Å².